The number of aryl methyl sites for hydroxylation is 1. The largest absolute Gasteiger partial charge is 0.350 e. The van der Waals surface area contributed by atoms with Crippen LogP contribution in [0.25, 0.3) is 11.3 Å². The molecule has 0 radical (unpaired) electrons. The maximum atomic E-state index is 12.9. The molecular weight excluding hydrogens is 385 g/mol. The van der Waals surface area contributed by atoms with E-state index in [-0.39, 0.29) is 22.6 Å². The number of rotatable bonds is 5. The second kappa shape index (κ2) is 7.94. The first-order chi connectivity index (χ1) is 12.9. The van der Waals surface area contributed by atoms with Gasteiger partial charge in [-0.15, -0.1) is 0 Å². The van der Waals surface area contributed by atoms with Crippen molar-refractivity contribution in [3.05, 3.63) is 74.5 Å². The predicted molar refractivity (Wildman–Crippen MR) is 109 cm³/mol. The van der Waals surface area contributed by atoms with Crippen LogP contribution in [0.3, 0.4) is 0 Å². The molecular formula is C20H17Cl2N3O2. The predicted octanol–water partition coefficient (Wildman–Crippen LogP) is 5.18. The minimum absolute atomic E-state index is 0.164. The number of benzene rings is 2. The van der Waals surface area contributed by atoms with Crippen molar-refractivity contribution < 1.29 is 4.79 Å². The van der Waals surface area contributed by atoms with Crippen molar-refractivity contribution in [3.63, 3.8) is 0 Å². The summed E-state index contributed by atoms with van der Waals surface area (Å²) in [6.07, 6.45) is 0. The lowest BCUT2D eigenvalue weighted by molar-refractivity contribution is 0.101. The molecule has 0 saturated carbocycles. The standard InChI is InChI=1S/C20H17Cl2N3O2/c1-3-25-20(27)19(23-16-9-5-8-15(22)11-16)17(12(2)26)18(24-25)13-6-4-7-14(21)10-13/h4-11,23H,3H2,1-2H3. The number of halogens is 2. The van der Waals surface area contributed by atoms with Gasteiger partial charge in [0, 0.05) is 27.8 Å². The quantitative estimate of drug-likeness (QED) is 0.597. The molecule has 0 atom stereocenters. The molecule has 1 heterocycles. The molecule has 2 aromatic carbocycles. The molecule has 0 amide bonds. The van der Waals surface area contributed by atoms with Gasteiger partial charge in [0.15, 0.2) is 5.78 Å². The lowest BCUT2D eigenvalue weighted by Crippen LogP contribution is -2.28. The maximum absolute atomic E-state index is 12.9. The number of nitrogens with zero attached hydrogens (tertiary/aromatic N) is 2. The number of hydrogen-bond donors (Lipinski definition) is 1. The maximum Gasteiger partial charge on any atom is 0.291 e. The number of nitrogens with one attached hydrogen (secondary N) is 1. The smallest absolute Gasteiger partial charge is 0.291 e. The molecule has 0 saturated heterocycles. The third-order valence-electron chi connectivity index (χ3n) is 4.00. The summed E-state index contributed by atoms with van der Waals surface area (Å²) in [5.41, 5.74) is 1.66. The molecule has 3 rings (SSSR count). The Kier molecular flexibility index (Phi) is 5.63. The van der Waals surface area contributed by atoms with E-state index in [2.05, 4.69) is 10.4 Å². The Bertz CT molecular complexity index is 1080. The zero-order valence-corrected chi connectivity index (χ0v) is 16.3. The minimum atomic E-state index is -0.381. The Morgan fingerprint density at radius 2 is 1.78 bits per heavy atom. The van der Waals surface area contributed by atoms with Crippen LogP contribution in [0.2, 0.25) is 10.0 Å². The third-order valence-corrected chi connectivity index (χ3v) is 4.47. The zero-order chi connectivity index (χ0) is 19.6. The number of anilines is 2. The molecule has 0 aliphatic heterocycles. The molecule has 7 heteroatoms. The Morgan fingerprint density at radius 1 is 1.11 bits per heavy atom. The average Bonchev–Trinajstić information content (AvgIpc) is 2.63. The highest BCUT2D eigenvalue weighted by Gasteiger charge is 2.22. The van der Waals surface area contributed by atoms with Gasteiger partial charge in [0.1, 0.15) is 11.4 Å². The Balaban J connectivity index is 2.29. The number of ketones is 1. The van der Waals surface area contributed by atoms with E-state index in [1.807, 2.05) is 6.92 Å². The molecule has 0 spiro atoms. The van der Waals surface area contributed by atoms with Gasteiger partial charge in [0.25, 0.3) is 5.56 Å². The van der Waals surface area contributed by atoms with Crippen molar-refractivity contribution >= 4 is 40.4 Å². The van der Waals surface area contributed by atoms with Crippen LogP contribution in [0.1, 0.15) is 24.2 Å². The highest BCUT2D eigenvalue weighted by atomic mass is 35.5. The first kappa shape index (κ1) is 19.1. The molecule has 1 aromatic heterocycles. The first-order valence-electron chi connectivity index (χ1n) is 8.35. The van der Waals surface area contributed by atoms with Crippen LogP contribution in [-0.4, -0.2) is 15.6 Å². The van der Waals surface area contributed by atoms with Crippen molar-refractivity contribution in [2.45, 2.75) is 20.4 Å². The molecule has 138 valence electrons. The number of aromatic nitrogens is 2. The van der Waals surface area contributed by atoms with E-state index < -0.39 is 0 Å². The van der Waals surface area contributed by atoms with E-state index in [0.29, 0.717) is 33.5 Å². The Morgan fingerprint density at radius 3 is 2.37 bits per heavy atom. The summed E-state index contributed by atoms with van der Waals surface area (Å²) in [6, 6.07) is 14.0. The fraction of sp³-hybridized carbons (Fsp3) is 0.150. The molecule has 0 fully saturated rings. The molecule has 1 N–H and O–H groups in total. The monoisotopic (exact) mass is 401 g/mol. The van der Waals surface area contributed by atoms with Gasteiger partial charge in [-0.2, -0.15) is 5.10 Å². The second-order valence-corrected chi connectivity index (χ2v) is 6.79. The van der Waals surface area contributed by atoms with Crippen LogP contribution in [0, 0.1) is 0 Å². The van der Waals surface area contributed by atoms with Crippen LogP contribution in [-0.2, 0) is 6.54 Å². The van der Waals surface area contributed by atoms with E-state index in [1.54, 1.807) is 48.5 Å². The molecule has 0 unspecified atom stereocenters. The van der Waals surface area contributed by atoms with Gasteiger partial charge in [0.2, 0.25) is 0 Å². The second-order valence-electron chi connectivity index (χ2n) is 5.92. The van der Waals surface area contributed by atoms with E-state index in [0.717, 1.165) is 0 Å². The highest BCUT2D eigenvalue weighted by molar-refractivity contribution is 6.31. The van der Waals surface area contributed by atoms with Crippen LogP contribution >= 0.6 is 23.2 Å². The minimum Gasteiger partial charge on any atom is -0.350 e. The van der Waals surface area contributed by atoms with Crippen molar-refractivity contribution in [2.24, 2.45) is 0 Å². The molecule has 27 heavy (non-hydrogen) atoms. The van der Waals surface area contributed by atoms with Gasteiger partial charge in [0.05, 0.1) is 5.56 Å². The van der Waals surface area contributed by atoms with E-state index in [9.17, 15) is 9.59 Å². The summed E-state index contributed by atoms with van der Waals surface area (Å²) in [5, 5.41) is 8.49. The molecule has 5 nitrogen and oxygen atoms in total. The zero-order valence-electron chi connectivity index (χ0n) is 14.8. The fourth-order valence-electron chi connectivity index (χ4n) is 2.79. The number of carbonyl (C=O) groups is 1. The molecule has 0 bridgehead atoms. The van der Waals surface area contributed by atoms with Crippen molar-refractivity contribution in [2.75, 3.05) is 5.32 Å². The van der Waals surface area contributed by atoms with Gasteiger partial charge in [-0.05, 0) is 44.2 Å². The topological polar surface area (TPSA) is 64.0 Å². The Labute approximate surface area is 166 Å². The van der Waals surface area contributed by atoms with Gasteiger partial charge in [-0.25, -0.2) is 4.68 Å². The van der Waals surface area contributed by atoms with Crippen molar-refractivity contribution in [1.82, 2.24) is 9.78 Å². The van der Waals surface area contributed by atoms with Gasteiger partial charge >= 0.3 is 0 Å². The van der Waals surface area contributed by atoms with Crippen LogP contribution < -0.4 is 10.9 Å². The van der Waals surface area contributed by atoms with Crippen LogP contribution in [0.15, 0.2) is 53.3 Å². The van der Waals surface area contributed by atoms with E-state index >= 15 is 0 Å². The third kappa shape index (κ3) is 4.04. The van der Waals surface area contributed by atoms with Crippen molar-refractivity contribution in [3.8, 4) is 11.3 Å². The van der Waals surface area contributed by atoms with E-state index in [1.165, 1.54) is 11.6 Å². The molecule has 0 aliphatic rings. The number of carbonyl (C=O) groups excluding carboxylic acids is 1. The summed E-state index contributed by atoms with van der Waals surface area (Å²) in [6.45, 7) is 3.57. The summed E-state index contributed by atoms with van der Waals surface area (Å²) in [4.78, 5) is 25.4. The van der Waals surface area contributed by atoms with Crippen LogP contribution in [0.5, 0.6) is 0 Å². The van der Waals surface area contributed by atoms with Crippen molar-refractivity contribution in [1.29, 1.82) is 0 Å². The summed E-state index contributed by atoms with van der Waals surface area (Å²) >= 11 is 12.1. The SMILES string of the molecule is CCn1nc(-c2cccc(Cl)c2)c(C(C)=O)c(Nc2cccc(Cl)c2)c1=O. The summed E-state index contributed by atoms with van der Waals surface area (Å²) in [5.74, 6) is -0.276. The normalized spacial score (nSPS) is 10.7. The summed E-state index contributed by atoms with van der Waals surface area (Å²) in [7, 11) is 0. The van der Waals surface area contributed by atoms with Gasteiger partial charge in [-0.1, -0.05) is 41.4 Å². The summed E-state index contributed by atoms with van der Waals surface area (Å²) < 4.78 is 1.32. The first-order valence-corrected chi connectivity index (χ1v) is 9.11. The van der Waals surface area contributed by atoms with E-state index in [4.69, 9.17) is 23.2 Å². The number of hydrogen-bond acceptors (Lipinski definition) is 4. The molecule has 0 aliphatic carbocycles. The molecule has 3 aromatic rings. The lowest BCUT2D eigenvalue weighted by atomic mass is 10.0. The number of Topliss-reactive ketones (excluding diaryl/α,β-unsaturated/α-hetero) is 1. The van der Waals surface area contributed by atoms with Gasteiger partial charge < -0.3 is 5.32 Å². The average molecular weight is 402 g/mol. The highest BCUT2D eigenvalue weighted by Crippen LogP contribution is 2.29. The van der Waals surface area contributed by atoms with Crippen LogP contribution in [0.4, 0.5) is 11.4 Å². The Hall–Kier alpha value is -2.63. The lowest BCUT2D eigenvalue weighted by Gasteiger charge is -2.16. The fourth-order valence-corrected chi connectivity index (χ4v) is 3.17. The van der Waals surface area contributed by atoms with Gasteiger partial charge in [-0.3, -0.25) is 9.59 Å².